The van der Waals surface area contributed by atoms with E-state index >= 15 is 0 Å². The summed E-state index contributed by atoms with van der Waals surface area (Å²) in [5, 5.41) is 6.76. The third-order valence-electron chi connectivity index (χ3n) is 2.82. The molecule has 0 unspecified atom stereocenters. The van der Waals surface area contributed by atoms with Crippen LogP contribution in [0.25, 0.3) is 0 Å². The van der Waals surface area contributed by atoms with E-state index in [1.807, 2.05) is 12.1 Å². The number of carbonyl (C=O) groups is 1. The highest BCUT2D eigenvalue weighted by molar-refractivity contribution is 5.84. The number of benzene rings is 2. The Hall–Kier alpha value is -2.89. The fourth-order valence-corrected chi connectivity index (χ4v) is 1.66. The van der Waals surface area contributed by atoms with E-state index in [0.29, 0.717) is 5.56 Å². The van der Waals surface area contributed by atoms with Crippen LogP contribution < -0.4 is 15.5 Å². The molecule has 0 radical (unpaired) electrons. The van der Waals surface area contributed by atoms with Crippen LogP contribution in [0.5, 0.6) is 5.75 Å². The second-order valence-corrected chi connectivity index (χ2v) is 4.43. The smallest absolute Gasteiger partial charge is 0.259 e. The van der Waals surface area contributed by atoms with Crippen molar-refractivity contribution in [3.8, 4) is 5.75 Å². The zero-order valence-corrected chi connectivity index (χ0v) is 12.0. The van der Waals surface area contributed by atoms with E-state index in [4.69, 9.17) is 4.74 Å². The monoisotopic (exact) mass is 301 g/mol. The molecule has 2 N–H and O–H groups in total. The summed E-state index contributed by atoms with van der Waals surface area (Å²) in [5.41, 5.74) is 3.89. The van der Waals surface area contributed by atoms with Crippen molar-refractivity contribution in [1.29, 1.82) is 0 Å². The SMILES string of the molecule is COc1ccc(NCC(=O)NN=Cc2ccc(F)cc2)cc1. The van der Waals surface area contributed by atoms with E-state index in [2.05, 4.69) is 15.8 Å². The van der Waals surface area contributed by atoms with Crippen LogP contribution in [0.4, 0.5) is 10.1 Å². The summed E-state index contributed by atoms with van der Waals surface area (Å²) < 4.78 is 17.8. The number of hydrazone groups is 1. The molecule has 5 nitrogen and oxygen atoms in total. The molecule has 0 aromatic heterocycles. The molecule has 114 valence electrons. The van der Waals surface area contributed by atoms with Gasteiger partial charge in [-0.25, -0.2) is 9.82 Å². The van der Waals surface area contributed by atoms with E-state index in [1.54, 1.807) is 31.4 Å². The van der Waals surface area contributed by atoms with Crippen LogP contribution in [0.2, 0.25) is 0 Å². The summed E-state index contributed by atoms with van der Waals surface area (Å²) in [6, 6.07) is 13.0. The lowest BCUT2D eigenvalue weighted by Crippen LogP contribution is -2.25. The molecule has 0 spiro atoms. The number of ether oxygens (including phenoxy) is 1. The van der Waals surface area contributed by atoms with E-state index in [1.165, 1.54) is 18.3 Å². The number of methoxy groups -OCH3 is 1. The summed E-state index contributed by atoms with van der Waals surface area (Å²) in [6.45, 7) is 0.0904. The van der Waals surface area contributed by atoms with Crippen LogP contribution in [-0.2, 0) is 4.79 Å². The molecule has 2 aromatic rings. The van der Waals surface area contributed by atoms with E-state index in [0.717, 1.165) is 11.4 Å². The Balaban J connectivity index is 1.76. The highest BCUT2D eigenvalue weighted by atomic mass is 19.1. The highest BCUT2D eigenvalue weighted by Crippen LogP contribution is 2.14. The second kappa shape index (κ2) is 7.78. The molecule has 0 saturated heterocycles. The molecule has 0 aliphatic rings. The van der Waals surface area contributed by atoms with Crippen molar-refractivity contribution in [3.63, 3.8) is 0 Å². The maximum Gasteiger partial charge on any atom is 0.259 e. The van der Waals surface area contributed by atoms with Crippen LogP contribution in [0.3, 0.4) is 0 Å². The van der Waals surface area contributed by atoms with Crippen LogP contribution in [0.1, 0.15) is 5.56 Å². The van der Waals surface area contributed by atoms with Gasteiger partial charge in [-0.1, -0.05) is 12.1 Å². The van der Waals surface area contributed by atoms with Crippen molar-refractivity contribution in [1.82, 2.24) is 5.43 Å². The third kappa shape index (κ3) is 4.90. The first kappa shape index (κ1) is 15.5. The Bertz CT molecular complexity index is 639. The Morgan fingerprint density at radius 2 is 1.86 bits per heavy atom. The molecule has 0 fully saturated rings. The number of carbonyl (C=O) groups excluding carboxylic acids is 1. The van der Waals surface area contributed by atoms with Gasteiger partial charge in [0.2, 0.25) is 0 Å². The van der Waals surface area contributed by atoms with Crippen LogP contribution in [-0.4, -0.2) is 25.8 Å². The molecular weight excluding hydrogens is 285 g/mol. The number of nitrogens with one attached hydrogen (secondary N) is 2. The molecule has 0 aliphatic heterocycles. The van der Waals surface area contributed by atoms with Gasteiger partial charge in [-0.3, -0.25) is 4.79 Å². The summed E-state index contributed by atoms with van der Waals surface area (Å²) in [5.74, 6) is 0.151. The molecule has 0 heterocycles. The fourth-order valence-electron chi connectivity index (χ4n) is 1.66. The predicted molar refractivity (Wildman–Crippen MR) is 83.6 cm³/mol. The van der Waals surface area contributed by atoms with Crippen molar-refractivity contribution in [2.24, 2.45) is 5.10 Å². The second-order valence-electron chi connectivity index (χ2n) is 4.43. The highest BCUT2D eigenvalue weighted by Gasteiger charge is 1.99. The minimum atomic E-state index is -0.315. The minimum absolute atomic E-state index is 0.0904. The molecule has 0 saturated carbocycles. The number of hydrogen-bond acceptors (Lipinski definition) is 4. The van der Waals surface area contributed by atoms with Crippen LogP contribution >= 0.6 is 0 Å². The van der Waals surface area contributed by atoms with E-state index in [-0.39, 0.29) is 18.3 Å². The maximum absolute atomic E-state index is 12.7. The molecule has 0 atom stereocenters. The summed E-state index contributed by atoms with van der Waals surface area (Å²) in [6.07, 6.45) is 1.45. The summed E-state index contributed by atoms with van der Waals surface area (Å²) >= 11 is 0. The topological polar surface area (TPSA) is 62.7 Å². The van der Waals surface area contributed by atoms with Gasteiger partial charge in [-0.2, -0.15) is 5.10 Å². The number of hydrogen-bond donors (Lipinski definition) is 2. The normalized spacial score (nSPS) is 10.5. The van der Waals surface area contributed by atoms with Crippen molar-refractivity contribution >= 4 is 17.8 Å². The summed E-state index contributed by atoms with van der Waals surface area (Å²) in [7, 11) is 1.59. The van der Waals surface area contributed by atoms with Crippen molar-refractivity contribution < 1.29 is 13.9 Å². The van der Waals surface area contributed by atoms with Gasteiger partial charge in [-0.05, 0) is 42.0 Å². The number of rotatable bonds is 6. The van der Waals surface area contributed by atoms with E-state index in [9.17, 15) is 9.18 Å². The first-order chi connectivity index (χ1) is 10.7. The van der Waals surface area contributed by atoms with Gasteiger partial charge in [0.1, 0.15) is 11.6 Å². The third-order valence-corrected chi connectivity index (χ3v) is 2.82. The minimum Gasteiger partial charge on any atom is -0.497 e. The quantitative estimate of drug-likeness (QED) is 0.636. The Labute approximate surface area is 127 Å². The van der Waals surface area contributed by atoms with Gasteiger partial charge in [0.15, 0.2) is 0 Å². The maximum atomic E-state index is 12.7. The van der Waals surface area contributed by atoms with Gasteiger partial charge in [0.05, 0.1) is 19.9 Å². The van der Waals surface area contributed by atoms with Gasteiger partial charge < -0.3 is 10.1 Å². The zero-order chi connectivity index (χ0) is 15.8. The Morgan fingerprint density at radius 1 is 1.18 bits per heavy atom. The van der Waals surface area contributed by atoms with Crippen LogP contribution in [0.15, 0.2) is 53.6 Å². The first-order valence-corrected chi connectivity index (χ1v) is 6.63. The fraction of sp³-hybridized carbons (Fsp3) is 0.125. The molecule has 6 heteroatoms. The van der Waals surface area contributed by atoms with Gasteiger partial charge >= 0.3 is 0 Å². The molecule has 2 rings (SSSR count). The number of anilines is 1. The number of nitrogens with zero attached hydrogens (tertiary/aromatic N) is 1. The van der Waals surface area contributed by atoms with Gasteiger partial charge in [0, 0.05) is 5.69 Å². The molecule has 1 amide bonds. The van der Waals surface area contributed by atoms with Crippen molar-refractivity contribution in [3.05, 3.63) is 59.9 Å². The largest absolute Gasteiger partial charge is 0.497 e. The predicted octanol–water partition coefficient (Wildman–Crippen LogP) is 2.40. The first-order valence-electron chi connectivity index (χ1n) is 6.63. The number of halogens is 1. The average molecular weight is 301 g/mol. The van der Waals surface area contributed by atoms with Crippen molar-refractivity contribution in [2.75, 3.05) is 19.0 Å². The average Bonchev–Trinajstić information content (AvgIpc) is 2.55. The Kier molecular flexibility index (Phi) is 5.48. The molecule has 2 aromatic carbocycles. The summed E-state index contributed by atoms with van der Waals surface area (Å²) in [4.78, 5) is 11.6. The van der Waals surface area contributed by atoms with Gasteiger partial charge in [0.25, 0.3) is 5.91 Å². The lowest BCUT2D eigenvalue weighted by molar-refractivity contribution is -0.119. The molecule has 22 heavy (non-hydrogen) atoms. The number of amides is 1. The standard InChI is InChI=1S/C16H16FN3O2/c1-22-15-8-6-14(7-9-15)18-11-16(21)20-19-10-12-2-4-13(17)5-3-12/h2-10,18H,11H2,1H3,(H,20,21). The Morgan fingerprint density at radius 3 is 2.50 bits per heavy atom. The van der Waals surface area contributed by atoms with E-state index < -0.39 is 0 Å². The zero-order valence-electron chi connectivity index (χ0n) is 12.0. The lowest BCUT2D eigenvalue weighted by Gasteiger charge is -2.06. The molecular formula is C16H16FN3O2. The van der Waals surface area contributed by atoms with Gasteiger partial charge in [-0.15, -0.1) is 0 Å². The van der Waals surface area contributed by atoms with Crippen LogP contribution in [0, 0.1) is 5.82 Å². The lowest BCUT2D eigenvalue weighted by atomic mass is 10.2. The molecule has 0 bridgehead atoms. The van der Waals surface area contributed by atoms with Crippen molar-refractivity contribution in [2.45, 2.75) is 0 Å². The molecule has 0 aliphatic carbocycles.